The summed E-state index contributed by atoms with van der Waals surface area (Å²) in [5.74, 6) is -2.08. The normalized spacial score (nSPS) is 25.7. The smallest absolute Gasteiger partial charge is 0.265 e. The Morgan fingerprint density at radius 2 is 2.17 bits per heavy atom. The predicted octanol–water partition coefficient (Wildman–Crippen LogP) is 0.982. The van der Waals surface area contributed by atoms with E-state index in [9.17, 15) is 18.0 Å². The molecule has 2 aliphatic heterocycles. The molecule has 0 saturated carbocycles. The van der Waals surface area contributed by atoms with Gasteiger partial charge in [-0.3, -0.25) is 9.59 Å². The van der Waals surface area contributed by atoms with Gasteiger partial charge in [-0.1, -0.05) is 17.7 Å². The van der Waals surface area contributed by atoms with Crippen molar-refractivity contribution in [2.75, 3.05) is 16.5 Å². The standard InChI is InChI=1S/C15H16ClN3O4S/c1-9-13(14(20)17-11-5-6-24(22,23)8-11)15(21)19(18-9)12-4-2-3-10(16)7-12/h2-4,7,11,13H,5-6,8H2,1H3,(H,17,20)/t11-,13-/m0/s1. The molecule has 2 atom stereocenters. The molecule has 9 heteroatoms. The molecule has 7 nitrogen and oxygen atoms in total. The van der Waals surface area contributed by atoms with Gasteiger partial charge in [-0.05, 0) is 31.5 Å². The second kappa shape index (κ2) is 6.18. The Morgan fingerprint density at radius 1 is 1.42 bits per heavy atom. The SMILES string of the molecule is CC1=NN(c2cccc(Cl)c2)C(=O)[C@@H]1C(=O)N[C@H]1CCS(=O)(=O)C1. The van der Waals surface area contributed by atoms with Crippen molar-refractivity contribution in [1.82, 2.24) is 5.32 Å². The van der Waals surface area contributed by atoms with Crippen LogP contribution in [0.2, 0.25) is 5.02 Å². The van der Waals surface area contributed by atoms with E-state index in [1.54, 1.807) is 31.2 Å². The first-order chi connectivity index (χ1) is 11.3. The van der Waals surface area contributed by atoms with Crippen LogP contribution in [0, 0.1) is 5.92 Å². The third-order valence-electron chi connectivity index (χ3n) is 4.02. The molecule has 2 heterocycles. The zero-order valence-corrected chi connectivity index (χ0v) is 14.5. The van der Waals surface area contributed by atoms with E-state index in [0.29, 0.717) is 22.8 Å². The number of carbonyl (C=O) groups is 2. The highest BCUT2D eigenvalue weighted by Gasteiger charge is 2.41. The zero-order valence-electron chi connectivity index (χ0n) is 12.9. The third-order valence-corrected chi connectivity index (χ3v) is 6.03. The van der Waals surface area contributed by atoms with Crippen molar-refractivity contribution in [3.8, 4) is 0 Å². The van der Waals surface area contributed by atoms with Gasteiger partial charge in [0, 0.05) is 11.1 Å². The number of rotatable bonds is 3. The molecule has 1 fully saturated rings. The van der Waals surface area contributed by atoms with Gasteiger partial charge < -0.3 is 5.32 Å². The van der Waals surface area contributed by atoms with E-state index >= 15 is 0 Å². The summed E-state index contributed by atoms with van der Waals surface area (Å²) in [6.45, 7) is 1.60. The van der Waals surface area contributed by atoms with Crippen LogP contribution >= 0.6 is 11.6 Å². The average molecular weight is 370 g/mol. The zero-order chi connectivity index (χ0) is 17.5. The number of nitrogens with zero attached hydrogens (tertiary/aromatic N) is 2. The maximum atomic E-state index is 12.6. The highest BCUT2D eigenvalue weighted by Crippen LogP contribution is 2.26. The maximum Gasteiger partial charge on any atom is 0.265 e. The van der Waals surface area contributed by atoms with Crippen molar-refractivity contribution < 1.29 is 18.0 Å². The van der Waals surface area contributed by atoms with Crippen LogP contribution in [0.25, 0.3) is 0 Å². The first-order valence-electron chi connectivity index (χ1n) is 7.42. The van der Waals surface area contributed by atoms with Gasteiger partial charge in [0.2, 0.25) is 5.91 Å². The van der Waals surface area contributed by atoms with Crippen LogP contribution in [0.5, 0.6) is 0 Å². The van der Waals surface area contributed by atoms with E-state index in [1.807, 2.05) is 0 Å². The summed E-state index contributed by atoms with van der Waals surface area (Å²) in [7, 11) is -3.11. The van der Waals surface area contributed by atoms with Crippen molar-refractivity contribution in [2.24, 2.45) is 11.0 Å². The first kappa shape index (κ1) is 16.9. The molecule has 1 saturated heterocycles. The lowest BCUT2D eigenvalue weighted by atomic mass is 10.0. The minimum absolute atomic E-state index is 0.0538. The number of hydrogen-bond donors (Lipinski definition) is 1. The molecule has 1 aromatic rings. The Balaban J connectivity index is 1.74. The molecule has 3 rings (SSSR count). The molecule has 2 amide bonds. The third kappa shape index (κ3) is 3.29. The number of hydrazone groups is 1. The summed E-state index contributed by atoms with van der Waals surface area (Å²) < 4.78 is 23.0. The number of anilines is 1. The summed E-state index contributed by atoms with van der Waals surface area (Å²) in [4.78, 5) is 25.0. The van der Waals surface area contributed by atoms with Crippen molar-refractivity contribution in [1.29, 1.82) is 0 Å². The average Bonchev–Trinajstić information content (AvgIpc) is 2.98. The number of halogens is 1. The molecule has 0 radical (unpaired) electrons. The van der Waals surface area contributed by atoms with Crippen LogP contribution < -0.4 is 10.3 Å². The maximum absolute atomic E-state index is 12.6. The number of carbonyl (C=O) groups excluding carboxylic acids is 2. The van der Waals surface area contributed by atoms with E-state index in [4.69, 9.17) is 11.6 Å². The van der Waals surface area contributed by atoms with Gasteiger partial charge in [0.05, 0.1) is 22.9 Å². The number of benzene rings is 1. The fourth-order valence-corrected chi connectivity index (χ4v) is 4.71. The van der Waals surface area contributed by atoms with Crippen LogP contribution in [0.15, 0.2) is 29.4 Å². The Labute approximate surface area is 144 Å². The van der Waals surface area contributed by atoms with Crippen LogP contribution in [0.1, 0.15) is 13.3 Å². The van der Waals surface area contributed by atoms with Gasteiger partial charge in [0.15, 0.2) is 15.8 Å². The lowest BCUT2D eigenvalue weighted by molar-refractivity contribution is -0.130. The minimum Gasteiger partial charge on any atom is -0.351 e. The largest absolute Gasteiger partial charge is 0.351 e. The van der Waals surface area contributed by atoms with Gasteiger partial charge in [0.1, 0.15) is 0 Å². The van der Waals surface area contributed by atoms with E-state index in [-0.39, 0.29) is 11.5 Å². The number of amides is 2. The summed E-state index contributed by atoms with van der Waals surface area (Å²) in [5, 5.41) is 8.40. The minimum atomic E-state index is -3.11. The topological polar surface area (TPSA) is 95.9 Å². The molecule has 24 heavy (non-hydrogen) atoms. The summed E-state index contributed by atoms with van der Waals surface area (Å²) in [6, 6.07) is 6.16. The Hall–Kier alpha value is -1.93. The second-order valence-electron chi connectivity index (χ2n) is 5.91. The number of nitrogens with one attached hydrogen (secondary N) is 1. The van der Waals surface area contributed by atoms with Crippen LogP contribution in [-0.4, -0.2) is 43.5 Å². The Kier molecular flexibility index (Phi) is 4.35. The molecule has 2 aliphatic rings. The Bertz CT molecular complexity index is 837. The van der Waals surface area contributed by atoms with Gasteiger partial charge in [-0.2, -0.15) is 10.1 Å². The lowest BCUT2D eigenvalue weighted by Gasteiger charge is -2.16. The molecular formula is C15H16ClN3O4S. The second-order valence-corrected chi connectivity index (χ2v) is 8.58. The summed E-state index contributed by atoms with van der Waals surface area (Å²) in [5.41, 5.74) is 0.837. The van der Waals surface area contributed by atoms with E-state index in [1.165, 1.54) is 0 Å². The van der Waals surface area contributed by atoms with E-state index < -0.39 is 33.6 Å². The molecule has 1 N–H and O–H groups in total. The summed E-state index contributed by atoms with van der Waals surface area (Å²) >= 11 is 5.92. The number of hydrogen-bond acceptors (Lipinski definition) is 5. The molecule has 0 spiro atoms. The van der Waals surface area contributed by atoms with E-state index in [2.05, 4.69) is 10.4 Å². The van der Waals surface area contributed by atoms with Crippen LogP contribution in [-0.2, 0) is 19.4 Å². The fourth-order valence-electron chi connectivity index (χ4n) is 2.85. The molecule has 0 bridgehead atoms. The quantitative estimate of drug-likeness (QED) is 0.803. The van der Waals surface area contributed by atoms with Gasteiger partial charge in [0.25, 0.3) is 5.91 Å². The van der Waals surface area contributed by atoms with Gasteiger partial charge >= 0.3 is 0 Å². The van der Waals surface area contributed by atoms with Gasteiger partial charge in [-0.25, -0.2) is 8.42 Å². The van der Waals surface area contributed by atoms with Crippen LogP contribution in [0.3, 0.4) is 0 Å². The van der Waals surface area contributed by atoms with Crippen molar-refractivity contribution in [3.05, 3.63) is 29.3 Å². The highest BCUT2D eigenvalue weighted by atomic mass is 35.5. The summed E-state index contributed by atoms with van der Waals surface area (Å²) in [6.07, 6.45) is 0.364. The van der Waals surface area contributed by atoms with Crippen molar-refractivity contribution in [3.63, 3.8) is 0 Å². The lowest BCUT2D eigenvalue weighted by Crippen LogP contribution is -2.44. The van der Waals surface area contributed by atoms with Crippen molar-refractivity contribution >= 4 is 44.7 Å². The van der Waals surface area contributed by atoms with Crippen LogP contribution in [0.4, 0.5) is 5.69 Å². The molecule has 0 unspecified atom stereocenters. The molecule has 128 valence electrons. The molecule has 0 aliphatic carbocycles. The first-order valence-corrected chi connectivity index (χ1v) is 9.62. The fraction of sp³-hybridized carbons (Fsp3) is 0.400. The molecule has 1 aromatic carbocycles. The Morgan fingerprint density at radius 3 is 2.79 bits per heavy atom. The number of sulfone groups is 1. The molecule has 0 aromatic heterocycles. The van der Waals surface area contributed by atoms with E-state index in [0.717, 1.165) is 5.01 Å². The predicted molar refractivity (Wildman–Crippen MR) is 90.7 cm³/mol. The highest BCUT2D eigenvalue weighted by molar-refractivity contribution is 7.91. The van der Waals surface area contributed by atoms with Crippen molar-refractivity contribution in [2.45, 2.75) is 19.4 Å². The van der Waals surface area contributed by atoms with Gasteiger partial charge in [-0.15, -0.1) is 0 Å². The monoisotopic (exact) mass is 369 g/mol. The molecular weight excluding hydrogens is 354 g/mol.